The summed E-state index contributed by atoms with van der Waals surface area (Å²) in [7, 11) is 0. The number of thiophene rings is 1. The molecule has 0 saturated heterocycles. The number of phenolic OH excluding ortho intramolecular Hbond substituents is 1. The third kappa shape index (κ3) is 4.31. The van der Waals surface area contributed by atoms with Crippen LogP contribution in [0.15, 0.2) is 51.6 Å². The highest BCUT2D eigenvalue weighted by Crippen LogP contribution is 2.32. The van der Waals surface area contributed by atoms with Gasteiger partial charge in [0.05, 0.1) is 17.0 Å². The van der Waals surface area contributed by atoms with E-state index in [1.54, 1.807) is 34.8 Å². The van der Waals surface area contributed by atoms with Crippen LogP contribution in [0.4, 0.5) is 0 Å². The molecule has 0 unspecified atom stereocenters. The summed E-state index contributed by atoms with van der Waals surface area (Å²) < 4.78 is 1.06. The zero-order chi connectivity index (χ0) is 18.8. The van der Waals surface area contributed by atoms with Crippen molar-refractivity contribution in [2.75, 3.05) is 13.1 Å². The number of benzene rings is 1. The Labute approximate surface area is 173 Å². The van der Waals surface area contributed by atoms with Crippen LogP contribution in [0, 0.1) is 0 Å². The second kappa shape index (κ2) is 7.96. The Bertz CT molecular complexity index is 992. The Morgan fingerprint density at radius 1 is 1.22 bits per heavy atom. The van der Waals surface area contributed by atoms with Gasteiger partial charge in [0.1, 0.15) is 10.8 Å². The van der Waals surface area contributed by atoms with E-state index in [9.17, 15) is 9.90 Å². The van der Waals surface area contributed by atoms with Crippen LogP contribution < -0.4 is 0 Å². The van der Waals surface area contributed by atoms with Gasteiger partial charge in [-0.3, -0.25) is 4.79 Å². The van der Waals surface area contributed by atoms with Gasteiger partial charge in [-0.1, -0.05) is 18.2 Å². The Morgan fingerprint density at radius 3 is 2.70 bits per heavy atom. The van der Waals surface area contributed by atoms with Crippen LogP contribution in [0.3, 0.4) is 0 Å². The van der Waals surface area contributed by atoms with Crippen LogP contribution in [0.2, 0.25) is 0 Å². The number of halogens is 1. The summed E-state index contributed by atoms with van der Waals surface area (Å²) in [6, 6.07) is 9.27. The number of aromatic hydroxyl groups is 1. The molecule has 7 heteroatoms. The van der Waals surface area contributed by atoms with Crippen molar-refractivity contribution in [2.45, 2.75) is 12.8 Å². The first-order chi connectivity index (χ1) is 13.1. The van der Waals surface area contributed by atoms with E-state index in [1.807, 2.05) is 27.8 Å². The zero-order valence-corrected chi connectivity index (χ0v) is 17.6. The molecule has 4 nitrogen and oxygen atoms in total. The highest BCUT2D eigenvalue weighted by molar-refractivity contribution is 9.10. The van der Waals surface area contributed by atoms with Gasteiger partial charge in [-0.15, -0.1) is 22.7 Å². The molecule has 1 N–H and O–H groups in total. The molecule has 1 amide bonds. The van der Waals surface area contributed by atoms with E-state index in [0.29, 0.717) is 19.5 Å². The van der Waals surface area contributed by atoms with Gasteiger partial charge >= 0.3 is 0 Å². The number of nitrogens with zero attached hydrogens (tertiary/aromatic N) is 2. The van der Waals surface area contributed by atoms with Gasteiger partial charge in [-0.25, -0.2) is 4.98 Å². The van der Waals surface area contributed by atoms with Crippen molar-refractivity contribution in [2.24, 2.45) is 0 Å². The Balaban J connectivity index is 1.38. The molecule has 4 rings (SSSR count). The number of carbonyl (C=O) groups is 1. The van der Waals surface area contributed by atoms with Crippen LogP contribution in [0.5, 0.6) is 5.75 Å². The molecule has 0 aliphatic carbocycles. The average molecular weight is 461 g/mol. The fourth-order valence-electron chi connectivity index (χ4n) is 3.03. The maximum absolute atomic E-state index is 12.6. The van der Waals surface area contributed by atoms with Crippen molar-refractivity contribution in [1.82, 2.24) is 9.88 Å². The van der Waals surface area contributed by atoms with E-state index in [2.05, 4.69) is 33.1 Å². The first-order valence-electron chi connectivity index (χ1n) is 8.53. The summed E-state index contributed by atoms with van der Waals surface area (Å²) in [5.41, 5.74) is 3.15. The number of thiazole rings is 1. The molecular weight excluding hydrogens is 444 g/mol. The van der Waals surface area contributed by atoms with Crippen molar-refractivity contribution in [3.63, 3.8) is 0 Å². The number of aromatic nitrogens is 1. The van der Waals surface area contributed by atoms with Crippen molar-refractivity contribution >= 4 is 50.1 Å². The molecule has 27 heavy (non-hydrogen) atoms. The molecule has 0 bridgehead atoms. The van der Waals surface area contributed by atoms with Crippen LogP contribution in [-0.2, 0) is 11.2 Å². The van der Waals surface area contributed by atoms with Crippen LogP contribution >= 0.6 is 38.6 Å². The maximum atomic E-state index is 12.6. The van der Waals surface area contributed by atoms with Gasteiger partial charge in [0.25, 0.3) is 0 Å². The Hall–Kier alpha value is -1.96. The Morgan fingerprint density at radius 2 is 2.04 bits per heavy atom. The predicted octanol–water partition coefficient (Wildman–Crippen LogP) is 5.20. The first-order valence-corrected chi connectivity index (χ1v) is 11.1. The van der Waals surface area contributed by atoms with Crippen molar-refractivity contribution in [1.29, 1.82) is 0 Å². The van der Waals surface area contributed by atoms with E-state index in [1.165, 1.54) is 5.57 Å². The lowest BCUT2D eigenvalue weighted by Crippen LogP contribution is -2.35. The van der Waals surface area contributed by atoms with Gasteiger partial charge in [0, 0.05) is 28.3 Å². The van der Waals surface area contributed by atoms with Crippen LogP contribution in [0.1, 0.15) is 17.7 Å². The van der Waals surface area contributed by atoms with Crippen molar-refractivity contribution in [3.8, 4) is 15.6 Å². The summed E-state index contributed by atoms with van der Waals surface area (Å²) in [6.07, 6.45) is 3.26. The molecule has 0 atom stereocenters. The summed E-state index contributed by atoms with van der Waals surface area (Å²) >= 11 is 6.69. The first kappa shape index (κ1) is 18.4. The highest BCUT2D eigenvalue weighted by Gasteiger charge is 2.19. The lowest BCUT2D eigenvalue weighted by atomic mass is 9.99. The normalized spacial score (nSPS) is 14.3. The minimum Gasteiger partial charge on any atom is -0.508 e. The monoisotopic (exact) mass is 460 g/mol. The van der Waals surface area contributed by atoms with Crippen molar-refractivity contribution < 1.29 is 9.90 Å². The largest absolute Gasteiger partial charge is 0.508 e. The van der Waals surface area contributed by atoms with Crippen LogP contribution in [-0.4, -0.2) is 34.0 Å². The second-order valence-electron chi connectivity index (χ2n) is 6.32. The number of rotatable bonds is 4. The molecule has 0 spiro atoms. The Kier molecular flexibility index (Phi) is 5.43. The fourth-order valence-corrected chi connectivity index (χ4v) is 5.35. The third-order valence-corrected chi connectivity index (χ3v) is 7.21. The van der Waals surface area contributed by atoms with Gasteiger partial charge in [-0.2, -0.15) is 0 Å². The van der Waals surface area contributed by atoms with Gasteiger partial charge in [-0.05, 0) is 51.7 Å². The molecule has 2 aromatic heterocycles. The molecule has 3 heterocycles. The quantitative estimate of drug-likeness (QED) is 0.581. The maximum Gasteiger partial charge on any atom is 0.228 e. The number of carbonyl (C=O) groups excluding carboxylic acids is 1. The average Bonchev–Trinajstić information content (AvgIpc) is 3.31. The SMILES string of the molecule is O=C(Cc1csc(-c2cc(Br)cs2)n1)N1CC=C(c2ccc(O)cc2)CC1. The van der Waals surface area contributed by atoms with E-state index in [-0.39, 0.29) is 11.7 Å². The van der Waals surface area contributed by atoms with Gasteiger partial charge < -0.3 is 10.0 Å². The number of hydrogen-bond acceptors (Lipinski definition) is 5. The number of amides is 1. The van der Waals surface area contributed by atoms with E-state index >= 15 is 0 Å². The summed E-state index contributed by atoms with van der Waals surface area (Å²) in [6.45, 7) is 1.32. The highest BCUT2D eigenvalue weighted by atomic mass is 79.9. The zero-order valence-electron chi connectivity index (χ0n) is 14.4. The van der Waals surface area contributed by atoms with Crippen LogP contribution in [0.25, 0.3) is 15.5 Å². The molecule has 1 aliphatic heterocycles. The molecule has 0 fully saturated rings. The fraction of sp³-hybridized carbons (Fsp3) is 0.200. The molecular formula is C20H17BrN2O2S2. The number of hydrogen-bond donors (Lipinski definition) is 1. The van der Waals surface area contributed by atoms with Crippen molar-refractivity contribution in [3.05, 3.63) is 62.9 Å². The minimum absolute atomic E-state index is 0.111. The van der Waals surface area contributed by atoms with Gasteiger partial charge in [0.15, 0.2) is 0 Å². The summed E-state index contributed by atoms with van der Waals surface area (Å²) in [5, 5.41) is 14.4. The molecule has 138 valence electrons. The van der Waals surface area contributed by atoms with E-state index < -0.39 is 0 Å². The molecule has 3 aromatic rings. The standard InChI is InChI=1S/C20H17BrN2O2S2/c21-15-9-18(26-11-15)20-22-16(12-27-20)10-19(25)23-7-5-14(6-8-23)13-1-3-17(24)4-2-13/h1-5,9,11-12,24H,6-8,10H2. The van der Waals surface area contributed by atoms with Gasteiger partial charge in [0.2, 0.25) is 5.91 Å². The molecule has 0 radical (unpaired) electrons. The minimum atomic E-state index is 0.111. The molecule has 1 aliphatic rings. The lowest BCUT2D eigenvalue weighted by molar-refractivity contribution is -0.130. The van der Waals surface area contributed by atoms with E-state index in [4.69, 9.17) is 0 Å². The second-order valence-corrected chi connectivity index (χ2v) is 9.00. The topological polar surface area (TPSA) is 53.4 Å². The summed E-state index contributed by atoms with van der Waals surface area (Å²) in [5.74, 6) is 0.379. The molecule has 0 saturated carbocycles. The molecule has 1 aromatic carbocycles. The predicted molar refractivity (Wildman–Crippen MR) is 114 cm³/mol. The summed E-state index contributed by atoms with van der Waals surface area (Å²) in [4.78, 5) is 20.2. The van der Waals surface area contributed by atoms with E-state index in [0.717, 1.165) is 32.0 Å². The lowest BCUT2D eigenvalue weighted by Gasteiger charge is -2.26. The third-order valence-electron chi connectivity index (χ3n) is 4.46. The smallest absolute Gasteiger partial charge is 0.228 e. The number of phenols is 1.